The van der Waals surface area contributed by atoms with Gasteiger partial charge in [0.15, 0.2) is 0 Å². The van der Waals surface area contributed by atoms with Crippen LogP contribution in [0.15, 0.2) is 48.5 Å². The number of nitrogens with zero attached hydrogens (tertiary/aromatic N) is 1. The van der Waals surface area contributed by atoms with Crippen molar-refractivity contribution < 1.29 is 13.2 Å². The quantitative estimate of drug-likeness (QED) is 0.777. The number of sulfonamides is 1. The third-order valence-corrected chi connectivity index (χ3v) is 7.26. The van der Waals surface area contributed by atoms with Gasteiger partial charge in [-0.05, 0) is 37.0 Å². The number of carbonyl (C=O) groups excluding carboxylic acids is 1. The van der Waals surface area contributed by atoms with Crippen LogP contribution < -0.4 is 5.32 Å². The van der Waals surface area contributed by atoms with Crippen LogP contribution in [0.25, 0.3) is 0 Å². The van der Waals surface area contributed by atoms with Crippen LogP contribution in [-0.4, -0.2) is 31.7 Å². The van der Waals surface area contributed by atoms with Crippen molar-refractivity contribution >= 4 is 27.5 Å². The molecule has 0 saturated carbocycles. The van der Waals surface area contributed by atoms with Gasteiger partial charge in [0, 0.05) is 30.6 Å². The van der Waals surface area contributed by atoms with Crippen LogP contribution >= 0.6 is 11.6 Å². The van der Waals surface area contributed by atoms with Gasteiger partial charge in [-0.25, -0.2) is 12.7 Å². The van der Waals surface area contributed by atoms with E-state index in [4.69, 9.17) is 11.6 Å². The molecule has 0 atom stereocenters. The molecule has 1 N–H and O–H groups in total. The minimum atomic E-state index is -3.45. The first-order chi connectivity index (χ1) is 13.3. The Kier molecular flexibility index (Phi) is 6.75. The molecule has 150 valence electrons. The van der Waals surface area contributed by atoms with Crippen LogP contribution in [0, 0.1) is 12.8 Å². The molecule has 5 nitrogen and oxygen atoms in total. The Bertz CT molecular complexity index is 938. The smallest absolute Gasteiger partial charge is 0.223 e. The molecule has 0 unspecified atom stereocenters. The molecular formula is C21H25ClN2O3S. The van der Waals surface area contributed by atoms with Crippen molar-refractivity contribution in [2.24, 2.45) is 5.92 Å². The largest absolute Gasteiger partial charge is 0.352 e. The highest BCUT2D eigenvalue weighted by Gasteiger charge is 2.31. The number of hydrogen-bond acceptors (Lipinski definition) is 3. The summed E-state index contributed by atoms with van der Waals surface area (Å²) in [5.74, 6) is -0.280. The zero-order chi connectivity index (χ0) is 20.1. The lowest BCUT2D eigenvalue weighted by atomic mass is 9.97. The first kappa shape index (κ1) is 20.8. The van der Waals surface area contributed by atoms with Crippen LogP contribution in [0.1, 0.15) is 29.5 Å². The predicted octanol–water partition coefficient (Wildman–Crippen LogP) is 3.51. The van der Waals surface area contributed by atoms with E-state index >= 15 is 0 Å². The molecule has 7 heteroatoms. The second-order valence-electron chi connectivity index (χ2n) is 7.23. The molecule has 1 fully saturated rings. The van der Waals surface area contributed by atoms with E-state index in [1.54, 1.807) is 24.3 Å². The third-order valence-electron chi connectivity index (χ3n) is 5.06. The Morgan fingerprint density at radius 1 is 1.14 bits per heavy atom. The number of amides is 1. The molecule has 0 radical (unpaired) electrons. The Labute approximate surface area is 171 Å². The highest BCUT2D eigenvalue weighted by molar-refractivity contribution is 7.88. The minimum Gasteiger partial charge on any atom is -0.352 e. The fourth-order valence-corrected chi connectivity index (χ4v) is 5.33. The second-order valence-corrected chi connectivity index (χ2v) is 9.60. The molecule has 1 aliphatic rings. The van der Waals surface area contributed by atoms with Crippen molar-refractivity contribution in [3.05, 3.63) is 70.2 Å². The lowest BCUT2D eigenvalue weighted by molar-refractivity contribution is -0.126. The Balaban J connectivity index is 1.52. The van der Waals surface area contributed by atoms with E-state index in [2.05, 4.69) is 5.32 Å². The molecular weight excluding hydrogens is 396 g/mol. The number of hydrogen-bond donors (Lipinski definition) is 1. The number of benzene rings is 2. The Morgan fingerprint density at radius 3 is 2.54 bits per heavy atom. The van der Waals surface area contributed by atoms with Crippen LogP contribution in [0.2, 0.25) is 5.02 Å². The minimum absolute atomic E-state index is 0.00958. The fourth-order valence-electron chi connectivity index (χ4n) is 3.46. The summed E-state index contributed by atoms with van der Waals surface area (Å²) < 4.78 is 26.9. The SMILES string of the molecule is Cc1cccc(CNC(=O)C2CCN(S(=O)(=O)Cc3ccccc3Cl)CC2)c1. The van der Waals surface area contributed by atoms with Gasteiger partial charge < -0.3 is 5.32 Å². The van der Waals surface area contributed by atoms with E-state index in [-0.39, 0.29) is 17.6 Å². The molecule has 1 amide bonds. The van der Waals surface area contributed by atoms with Gasteiger partial charge in [-0.15, -0.1) is 0 Å². The summed E-state index contributed by atoms with van der Waals surface area (Å²) in [6.07, 6.45) is 1.06. The second kappa shape index (κ2) is 9.07. The first-order valence-corrected chi connectivity index (χ1v) is 11.4. The maximum Gasteiger partial charge on any atom is 0.223 e. The van der Waals surface area contributed by atoms with Crippen molar-refractivity contribution in [1.82, 2.24) is 9.62 Å². The zero-order valence-electron chi connectivity index (χ0n) is 15.9. The van der Waals surface area contributed by atoms with Gasteiger partial charge in [-0.2, -0.15) is 0 Å². The fraction of sp³-hybridized carbons (Fsp3) is 0.381. The maximum atomic E-state index is 12.7. The molecule has 2 aromatic carbocycles. The number of rotatable bonds is 6. The average Bonchev–Trinajstić information content (AvgIpc) is 2.68. The van der Waals surface area contributed by atoms with Crippen molar-refractivity contribution in [3.63, 3.8) is 0 Å². The van der Waals surface area contributed by atoms with Gasteiger partial charge in [0.1, 0.15) is 0 Å². The number of halogens is 1. The van der Waals surface area contributed by atoms with Crippen LogP contribution in [0.5, 0.6) is 0 Å². The van der Waals surface area contributed by atoms with E-state index < -0.39 is 10.0 Å². The molecule has 1 saturated heterocycles. The topological polar surface area (TPSA) is 66.5 Å². The number of nitrogens with one attached hydrogen (secondary N) is 1. The predicted molar refractivity (Wildman–Crippen MR) is 111 cm³/mol. The third kappa shape index (κ3) is 5.34. The van der Waals surface area contributed by atoms with Crippen LogP contribution in [0.4, 0.5) is 0 Å². The number of carbonyl (C=O) groups is 1. The highest BCUT2D eigenvalue weighted by atomic mass is 35.5. The molecule has 0 bridgehead atoms. The molecule has 2 aromatic rings. The summed E-state index contributed by atoms with van der Waals surface area (Å²) in [7, 11) is -3.45. The van der Waals surface area contributed by atoms with E-state index in [9.17, 15) is 13.2 Å². The van der Waals surface area contributed by atoms with Gasteiger partial charge in [0.05, 0.1) is 5.75 Å². The number of piperidine rings is 1. The molecule has 0 aromatic heterocycles. The highest BCUT2D eigenvalue weighted by Crippen LogP contribution is 2.24. The molecule has 28 heavy (non-hydrogen) atoms. The summed E-state index contributed by atoms with van der Waals surface area (Å²) in [6, 6.07) is 15.0. The van der Waals surface area contributed by atoms with E-state index in [0.717, 1.165) is 11.1 Å². The molecule has 3 rings (SSSR count). The Hall–Kier alpha value is -1.89. The van der Waals surface area contributed by atoms with Crippen LogP contribution in [-0.2, 0) is 27.1 Å². The van der Waals surface area contributed by atoms with Crippen molar-refractivity contribution in [1.29, 1.82) is 0 Å². The molecule has 1 aliphatic heterocycles. The summed E-state index contributed by atoms with van der Waals surface area (Å²) in [6.45, 7) is 3.22. The van der Waals surface area contributed by atoms with E-state index in [0.29, 0.717) is 43.1 Å². The standard InChI is InChI=1S/C21H25ClN2O3S/c1-16-5-4-6-17(13-16)14-23-21(25)18-9-11-24(12-10-18)28(26,27)15-19-7-2-3-8-20(19)22/h2-8,13,18H,9-12,14-15H2,1H3,(H,23,25). The summed E-state index contributed by atoms with van der Waals surface area (Å²) in [5, 5.41) is 3.43. The van der Waals surface area contributed by atoms with Crippen molar-refractivity contribution in [2.75, 3.05) is 13.1 Å². The van der Waals surface area contributed by atoms with Gasteiger partial charge in [0.2, 0.25) is 15.9 Å². The molecule has 1 heterocycles. The molecule has 0 spiro atoms. The maximum absolute atomic E-state index is 12.7. The normalized spacial score (nSPS) is 16.1. The Morgan fingerprint density at radius 2 is 1.86 bits per heavy atom. The average molecular weight is 421 g/mol. The zero-order valence-corrected chi connectivity index (χ0v) is 17.5. The number of aryl methyl sites for hydroxylation is 1. The summed E-state index contributed by atoms with van der Waals surface area (Å²) >= 11 is 6.09. The summed E-state index contributed by atoms with van der Waals surface area (Å²) in [4.78, 5) is 12.5. The van der Waals surface area contributed by atoms with E-state index in [1.165, 1.54) is 4.31 Å². The van der Waals surface area contributed by atoms with Gasteiger partial charge in [-0.3, -0.25) is 4.79 Å². The van der Waals surface area contributed by atoms with Gasteiger partial charge >= 0.3 is 0 Å². The monoisotopic (exact) mass is 420 g/mol. The first-order valence-electron chi connectivity index (χ1n) is 9.39. The lowest BCUT2D eigenvalue weighted by Crippen LogP contribution is -2.43. The lowest BCUT2D eigenvalue weighted by Gasteiger charge is -2.30. The van der Waals surface area contributed by atoms with E-state index in [1.807, 2.05) is 31.2 Å². The van der Waals surface area contributed by atoms with Crippen LogP contribution in [0.3, 0.4) is 0 Å². The van der Waals surface area contributed by atoms with Gasteiger partial charge in [0.25, 0.3) is 0 Å². The molecule has 0 aliphatic carbocycles. The van der Waals surface area contributed by atoms with Crippen molar-refractivity contribution in [2.45, 2.75) is 32.1 Å². The van der Waals surface area contributed by atoms with Gasteiger partial charge in [-0.1, -0.05) is 59.6 Å². The van der Waals surface area contributed by atoms with Crippen molar-refractivity contribution in [3.8, 4) is 0 Å². The summed E-state index contributed by atoms with van der Waals surface area (Å²) in [5.41, 5.74) is 2.82.